The van der Waals surface area contributed by atoms with E-state index in [1.165, 1.54) is 43.0 Å². The van der Waals surface area contributed by atoms with Crippen molar-refractivity contribution in [3.63, 3.8) is 0 Å². The molecule has 0 saturated carbocycles. The molecule has 2 aromatic rings. The molecule has 2 rings (SSSR count). The fourth-order valence-corrected chi connectivity index (χ4v) is 5.42. The summed E-state index contributed by atoms with van der Waals surface area (Å²) in [4.78, 5) is 86.0. The molecule has 0 radical (unpaired) electrons. The van der Waals surface area contributed by atoms with Crippen LogP contribution in [-0.4, -0.2) is 87.5 Å². The van der Waals surface area contributed by atoms with Gasteiger partial charge in [-0.05, 0) is 73.1 Å². The van der Waals surface area contributed by atoms with Gasteiger partial charge in [-0.2, -0.15) is 11.8 Å². The highest BCUT2D eigenvalue weighted by atomic mass is 35.5. The number of hydrogen-bond acceptors (Lipinski definition) is 8. The van der Waals surface area contributed by atoms with Crippen molar-refractivity contribution >= 4 is 76.3 Å². The molecule has 16 heteroatoms. The number of aliphatic carboxylic acids is 2. The van der Waals surface area contributed by atoms with Crippen LogP contribution < -0.4 is 20.9 Å². The highest BCUT2D eigenvalue weighted by Crippen LogP contribution is 2.34. The highest BCUT2D eigenvalue weighted by Gasteiger charge is 2.30. The lowest BCUT2D eigenvalue weighted by atomic mass is 9.99. The number of aryl methyl sites for hydroxylation is 1. The van der Waals surface area contributed by atoms with Crippen LogP contribution in [-0.2, 0) is 41.6 Å². The summed E-state index contributed by atoms with van der Waals surface area (Å²) in [6.07, 6.45) is 3.34. The quantitative estimate of drug-likeness (QED) is 0.0977. The number of rotatable bonds is 18. The first-order valence-corrected chi connectivity index (χ1v) is 16.7. The van der Waals surface area contributed by atoms with E-state index in [2.05, 4.69) is 16.0 Å². The van der Waals surface area contributed by atoms with E-state index in [0.717, 1.165) is 11.0 Å². The molecule has 0 aliphatic carbocycles. The van der Waals surface area contributed by atoms with Crippen LogP contribution in [0.4, 0.5) is 11.4 Å². The summed E-state index contributed by atoms with van der Waals surface area (Å²) in [5.74, 6) is -6.51. The van der Waals surface area contributed by atoms with Crippen molar-refractivity contribution < 1.29 is 48.9 Å². The Kier molecular flexibility index (Phi) is 15.9. The van der Waals surface area contributed by atoms with Crippen LogP contribution in [0.2, 0.25) is 5.02 Å². The van der Waals surface area contributed by atoms with Gasteiger partial charge in [-0.1, -0.05) is 30.7 Å². The third-order valence-electron chi connectivity index (χ3n) is 7.09. The molecule has 0 fully saturated rings. The number of halogens is 1. The number of hydrogen-bond donors (Lipinski definition) is 6. The molecule has 0 aromatic heterocycles. The molecule has 260 valence electrons. The normalized spacial score (nSPS) is 11.9. The Morgan fingerprint density at radius 2 is 1.60 bits per heavy atom. The number of unbranched alkanes of at least 4 members (excludes halogenated alkanes) is 1. The summed E-state index contributed by atoms with van der Waals surface area (Å²) in [5.41, 5.74) is 0.552. The molecular formula is C32H39ClN4O10S. The predicted octanol–water partition coefficient (Wildman–Crippen LogP) is 3.01. The van der Waals surface area contributed by atoms with Gasteiger partial charge in [0.2, 0.25) is 17.7 Å². The lowest BCUT2D eigenvalue weighted by Gasteiger charge is -2.26. The molecule has 0 aliphatic rings. The molecule has 0 bridgehead atoms. The fraction of sp³-hybridized carbons (Fsp3) is 0.406. The zero-order valence-corrected chi connectivity index (χ0v) is 28.3. The number of nitrogens with one attached hydrogen (secondary N) is 3. The van der Waals surface area contributed by atoms with Gasteiger partial charge < -0.3 is 31.3 Å². The number of aromatic carboxylic acids is 1. The molecule has 1 unspecified atom stereocenters. The minimum atomic E-state index is -1.81. The van der Waals surface area contributed by atoms with Crippen molar-refractivity contribution in [2.45, 2.75) is 64.5 Å². The number of carboxylic acids is 3. The molecule has 2 atom stereocenters. The zero-order chi connectivity index (χ0) is 36.0. The summed E-state index contributed by atoms with van der Waals surface area (Å²) in [6, 6.07) is 6.33. The second kappa shape index (κ2) is 19.3. The lowest BCUT2D eigenvalue weighted by molar-refractivity contribution is -0.148. The van der Waals surface area contributed by atoms with Crippen molar-refractivity contribution in [3.8, 4) is 0 Å². The number of benzene rings is 2. The van der Waals surface area contributed by atoms with Crippen LogP contribution >= 0.6 is 23.4 Å². The number of carboxylic acid groups (broad SMARTS) is 3. The molecule has 0 saturated heterocycles. The molecule has 6 N–H and O–H groups in total. The van der Waals surface area contributed by atoms with Crippen molar-refractivity contribution in [1.29, 1.82) is 0 Å². The first kappa shape index (κ1) is 39.5. The smallest absolute Gasteiger partial charge is 0.395 e. The van der Waals surface area contributed by atoms with Crippen molar-refractivity contribution in [1.82, 2.24) is 16.0 Å². The van der Waals surface area contributed by atoms with Crippen LogP contribution in [0, 0.1) is 0 Å². The minimum Gasteiger partial charge on any atom is -0.480 e. The Bertz CT molecular complexity index is 1540. The summed E-state index contributed by atoms with van der Waals surface area (Å²) in [6.45, 7) is 3.19. The van der Waals surface area contributed by atoms with Gasteiger partial charge in [-0.3, -0.25) is 24.1 Å². The van der Waals surface area contributed by atoms with E-state index < -0.39 is 53.6 Å². The molecule has 14 nitrogen and oxygen atoms in total. The fourth-order valence-electron chi connectivity index (χ4n) is 4.78. The molecule has 48 heavy (non-hydrogen) atoms. The Morgan fingerprint density at radius 1 is 0.917 bits per heavy atom. The Hall–Kier alpha value is -4.63. The second-order valence-electron chi connectivity index (χ2n) is 10.7. The van der Waals surface area contributed by atoms with E-state index in [9.17, 15) is 48.9 Å². The van der Waals surface area contributed by atoms with Crippen LogP contribution in [0.25, 0.3) is 0 Å². The first-order valence-electron chi connectivity index (χ1n) is 15.0. The zero-order valence-electron chi connectivity index (χ0n) is 26.7. The van der Waals surface area contributed by atoms with E-state index in [0.29, 0.717) is 36.1 Å². The maximum Gasteiger partial charge on any atom is 0.395 e. The Labute approximate surface area is 286 Å². The minimum absolute atomic E-state index is 0.0297. The van der Waals surface area contributed by atoms with Crippen LogP contribution in [0.3, 0.4) is 0 Å². The third kappa shape index (κ3) is 11.9. The van der Waals surface area contributed by atoms with Gasteiger partial charge in [-0.15, -0.1) is 0 Å². The number of amides is 4. The van der Waals surface area contributed by atoms with Crippen LogP contribution in [0.1, 0.15) is 61.0 Å². The van der Waals surface area contributed by atoms with Gasteiger partial charge in [0, 0.05) is 31.3 Å². The standard InChI is InChI=1S/C32H39ClN4O10S/c1-4-20-15-19(8-10-25(20)37(29(41)32(46)47)26-11-9-21(33)17-22(26)30(42)43)16-24(35-18(2)38)28(40)34-13-6-5-7-27(39)36-23(31(44)45)12-14-48-3/h8-11,15,17,23-24H,4-7,12-14,16H2,1-3H3,(H,34,40)(H,35,38)(H,36,39)(H,42,43)(H,44,45)(H,46,47)/t23-,24?/m0/s1. The van der Waals surface area contributed by atoms with E-state index in [1.54, 1.807) is 13.0 Å². The number of carbonyl (C=O) groups is 7. The molecule has 2 aromatic carbocycles. The monoisotopic (exact) mass is 706 g/mol. The van der Waals surface area contributed by atoms with Crippen LogP contribution in [0.5, 0.6) is 0 Å². The van der Waals surface area contributed by atoms with Crippen molar-refractivity contribution in [2.75, 3.05) is 23.5 Å². The highest BCUT2D eigenvalue weighted by molar-refractivity contribution is 7.98. The van der Waals surface area contributed by atoms with Gasteiger partial charge >= 0.3 is 23.8 Å². The number of thioether (sulfide) groups is 1. The van der Waals surface area contributed by atoms with Gasteiger partial charge in [0.25, 0.3) is 0 Å². The Balaban J connectivity index is 2.19. The van der Waals surface area contributed by atoms with Gasteiger partial charge in [-0.25, -0.2) is 14.4 Å². The van der Waals surface area contributed by atoms with Crippen LogP contribution in [0.15, 0.2) is 36.4 Å². The van der Waals surface area contributed by atoms with E-state index in [1.807, 2.05) is 6.26 Å². The summed E-state index contributed by atoms with van der Waals surface area (Å²) in [5, 5.41) is 36.5. The maximum absolute atomic E-state index is 13.1. The average molecular weight is 707 g/mol. The van der Waals surface area contributed by atoms with Gasteiger partial charge in [0.1, 0.15) is 12.1 Å². The molecular weight excluding hydrogens is 668 g/mol. The van der Waals surface area contributed by atoms with E-state index >= 15 is 0 Å². The number of anilines is 2. The van der Waals surface area contributed by atoms with Crippen molar-refractivity contribution in [3.05, 3.63) is 58.1 Å². The second-order valence-corrected chi connectivity index (χ2v) is 12.1. The van der Waals surface area contributed by atoms with Gasteiger partial charge in [0.05, 0.1) is 16.9 Å². The molecule has 0 spiro atoms. The first-order chi connectivity index (χ1) is 22.7. The number of carbonyl (C=O) groups excluding carboxylic acids is 4. The third-order valence-corrected chi connectivity index (χ3v) is 7.97. The van der Waals surface area contributed by atoms with E-state index in [-0.39, 0.29) is 47.8 Å². The molecule has 0 aliphatic heterocycles. The maximum atomic E-state index is 13.1. The lowest BCUT2D eigenvalue weighted by Crippen LogP contribution is -2.47. The van der Waals surface area contributed by atoms with Gasteiger partial charge in [0.15, 0.2) is 0 Å². The van der Waals surface area contributed by atoms with E-state index in [4.69, 9.17) is 11.6 Å². The number of nitrogens with zero attached hydrogens (tertiary/aromatic N) is 1. The summed E-state index contributed by atoms with van der Waals surface area (Å²) >= 11 is 7.44. The summed E-state index contributed by atoms with van der Waals surface area (Å²) in [7, 11) is 0. The SMILES string of the molecule is CCc1cc(CC(NC(C)=O)C(=O)NCCCCC(=O)N[C@@H](CCSC)C(=O)O)ccc1N(C(=O)C(=O)O)c1ccc(Cl)cc1C(=O)O. The predicted molar refractivity (Wildman–Crippen MR) is 180 cm³/mol. The topological polar surface area (TPSA) is 220 Å². The largest absolute Gasteiger partial charge is 0.480 e. The average Bonchev–Trinajstić information content (AvgIpc) is 3.02. The van der Waals surface area contributed by atoms with Crippen molar-refractivity contribution in [2.24, 2.45) is 0 Å². The summed E-state index contributed by atoms with van der Waals surface area (Å²) < 4.78 is 0. The molecule has 0 heterocycles. The molecule has 4 amide bonds. The Morgan fingerprint density at radius 3 is 2.19 bits per heavy atom.